The highest BCUT2D eigenvalue weighted by molar-refractivity contribution is 5.71. The zero-order valence-electron chi connectivity index (χ0n) is 48.8. The molecule has 6 nitrogen and oxygen atoms in total. The summed E-state index contributed by atoms with van der Waals surface area (Å²) in [5, 5.41) is 0. The second-order valence-corrected chi connectivity index (χ2v) is 20.9. The van der Waals surface area contributed by atoms with Crippen molar-refractivity contribution in [2.24, 2.45) is 0 Å². The third-order valence-corrected chi connectivity index (χ3v) is 13.6. The summed E-state index contributed by atoms with van der Waals surface area (Å²) in [6.45, 7) is 6.49. The topological polar surface area (TPSA) is 78.9 Å². The summed E-state index contributed by atoms with van der Waals surface area (Å²) in [6.07, 6.45) is 81.7. The van der Waals surface area contributed by atoms with Crippen LogP contribution in [0, 0.1) is 0 Å². The lowest BCUT2D eigenvalue weighted by Crippen LogP contribution is -2.30. The van der Waals surface area contributed by atoms with Gasteiger partial charge >= 0.3 is 17.9 Å². The van der Waals surface area contributed by atoms with E-state index in [0.717, 1.165) is 89.9 Å². The Morgan fingerprint density at radius 3 is 0.865 bits per heavy atom. The van der Waals surface area contributed by atoms with Gasteiger partial charge in [0.15, 0.2) is 6.10 Å². The maximum atomic E-state index is 12.9. The van der Waals surface area contributed by atoms with Crippen molar-refractivity contribution >= 4 is 17.9 Å². The molecule has 0 saturated heterocycles. The second kappa shape index (κ2) is 62.1. The zero-order valence-corrected chi connectivity index (χ0v) is 48.8. The maximum Gasteiger partial charge on any atom is 0.306 e. The summed E-state index contributed by atoms with van der Waals surface area (Å²) < 4.78 is 16.9. The molecule has 0 aliphatic heterocycles. The molecule has 0 saturated carbocycles. The van der Waals surface area contributed by atoms with Crippen LogP contribution in [0.5, 0.6) is 0 Å². The molecule has 0 N–H and O–H groups in total. The van der Waals surface area contributed by atoms with E-state index in [4.69, 9.17) is 14.2 Å². The quantitative estimate of drug-likeness (QED) is 0.0261. The predicted molar refractivity (Wildman–Crippen MR) is 321 cm³/mol. The van der Waals surface area contributed by atoms with Gasteiger partial charge in [-0.05, 0) is 116 Å². The average Bonchev–Trinajstić information content (AvgIpc) is 3.40. The summed E-state index contributed by atoms with van der Waals surface area (Å²) in [5.41, 5.74) is 0. The zero-order chi connectivity index (χ0) is 53.6. The summed E-state index contributed by atoms with van der Waals surface area (Å²) in [5.74, 6) is -0.936. The minimum atomic E-state index is -0.802. The van der Waals surface area contributed by atoms with Gasteiger partial charge in [-0.2, -0.15) is 0 Å². The number of hydrogen-bond acceptors (Lipinski definition) is 6. The van der Waals surface area contributed by atoms with E-state index < -0.39 is 6.10 Å². The molecule has 1 atom stereocenters. The van der Waals surface area contributed by atoms with Gasteiger partial charge in [0.2, 0.25) is 0 Å². The molecular weight excluding hydrogens is 913 g/mol. The van der Waals surface area contributed by atoms with Gasteiger partial charge in [0, 0.05) is 19.3 Å². The summed E-state index contributed by atoms with van der Waals surface area (Å²) >= 11 is 0. The number of unbranched alkanes of at least 4 members (excludes halogenated alkanes) is 32. The highest BCUT2D eigenvalue weighted by Gasteiger charge is 2.19. The standard InChI is InChI=1S/C68H118O6/c1-4-7-10-13-16-19-22-25-28-29-30-31-32-33-34-35-36-37-38-39-41-43-46-49-52-55-58-61-67(70)73-64-65(63-72-66(69)60-57-54-51-48-45-42-27-24-21-18-15-12-9-6-3)74-68(71)62-59-56-53-50-47-44-40-26-23-20-17-14-11-8-5-2/h8,11,17,20,22,24-27,29-30,40,47,50,65H,4-7,9-10,12-16,18-19,21,23,28,31-39,41-46,48-49,51-64H2,1-3H3/b11-8-,20-17-,25-22-,27-24-,30-29-,40-26-,50-47-. The van der Waals surface area contributed by atoms with E-state index in [2.05, 4.69) is 106 Å². The molecule has 426 valence electrons. The molecule has 0 bridgehead atoms. The number of hydrogen-bond donors (Lipinski definition) is 0. The molecule has 0 radical (unpaired) electrons. The van der Waals surface area contributed by atoms with E-state index in [-0.39, 0.29) is 37.5 Å². The number of esters is 3. The van der Waals surface area contributed by atoms with Crippen LogP contribution in [0.4, 0.5) is 0 Å². The summed E-state index contributed by atoms with van der Waals surface area (Å²) in [4.78, 5) is 38.2. The Balaban J connectivity index is 4.29. The van der Waals surface area contributed by atoms with E-state index in [0.29, 0.717) is 19.3 Å². The Hall–Kier alpha value is -3.41. The van der Waals surface area contributed by atoms with Crippen molar-refractivity contribution in [1.82, 2.24) is 0 Å². The highest BCUT2D eigenvalue weighted by atomic mass is 16.6. The fourth-order valence-corrected chi connectivity index (χ4v) is 8.87. The van der Waals surface area contributed by atoms with Gasteiger partial charge in [0.05, 0.1) is 0 Å². The van der Waals surface area contributed by atoms with Crippen LogP contribution in [-0.4, -0.2) is 37.2 Å². The molecule has 0 spiro atoms. The predicted octanol–water partition coefficient (Wildman–Crippen LogP) is 21.5. The third kappa shape index (κ3) is 59.5. The number of carbonyl (C=O) groups excluding carboxylic acids is 3. The Morgan fingerprint density at radius 1 is 0.284 bits per heavy atom. The van der Waals surface area contributed by atoms with Crippen LogP contribution >= 0.6 is 0 Å². The Labute approximate surface area is 458 Å². The van der Waals surface area contributed by atoms with E-state index in [9.17, 15) is 14.4 Å². The summed E-state index contributed by atoms with van der Waals surface area (Å²) in [7, 11) is 0. The van der Waals surface area contributed by atoms with Crippen molar-refractivity contribution in [1.29, 1.82) is 0 Å². The van der Waals surface area contributed by atoms with Gasteiger partial charge in [0.25, 0.3) is 0 Å². The molecule has 1 unspecified atom stereocenters. The molecule has 0 rings (SSSR count). The summed E-state index contributed by atoms with van der Waals surface area (Å²) in [6, 6.07) is 0. The van der Waals surface area contributed by atoms with Gasteiger partial charge in [-0.1, -0.05) is 260 Å². The normalized spacial score (nSPS) is 12.6. The van der Waals surface area contributed by atoms with Gasteiger partial charge in [-0.25, -0.2) is 0 Å². The maximum absolute atomic E-state index is 12.9. The molecule has 74 heavy (non-hydrogen) atoms. The minimum Gasteiger partial charge on any atom is -0.462 e. The van der Waals surface area contributed by atoms with Gasteiger partial charge in [-0.3, -0.25) is 14.4 Å². The molecule has 0 amide bonds. The van der Waals surface area contributed by atoms with Crippen LogP contribution in [0.15, 0.2) is 85.1 Å². The molecule has 0 aliphatic carbocycles. The fourth-order valence-electron chi connectivity index (χ4n) is 8.87. The lowest BCUT2D eigenvalue weighted by Gasteiger charge is -2.18. The van der Waals surface area contributed by atoms with Gasteiger partial charge in [-0.15, -0.1) is 0 Å². The highest BCUT2D eigenvalue weighted by Crippen LogP contribution is 2.16. The molecule has 0 aliphatic rings. The molecule has 0 aromatic carbocycles. The van der Waals surface area contributed by atoms with Crippen molar-refractivity contribution in [2.45, 2.75) is 316 Å². The number of rotatable bonds is 57. The van der Waals surface area contributed by atoms with E-state index in [1.165, 1.54) is 173 Å². The lowest BCUT2D eigenvalue weighted by atomic mass is 10.0. The van der Waals surface area contributed by atoms with Crippen LogP contribution < -0.4 is 0 Å². The largest absolute Gasteiger partial charge is 0.462 e. The van der Waals surface area contributed by atoms with Crippen LogP contribution in [0.2, 0.25) is 0 Å². The first-order valence-corrected chi connectivity index (χ1v) is 31.6. The Morgan fingerprint density at radius 2 is 0.527 bits per heavy atom. The van der Waals surface area contributed by atoms with Crippen LogP contribution in [0.3, 0.4) is 0 Å². The van der Waals surface area contributed by atoms with Crippen LogP contribution in [0.25, 0.3) is 0 Å². The van der Waals surface area contributed by atoms with Crippen LogP contribution in [0.1, 0.15) is 310 Å². The van der Waals surface area contributed by atoms with Crippen molar-refractivity contribution in [2.75, 3.05) is 13.2 Å². The van der Waals surface area contributed by atoms with Crippen molar-refractivity contribution in [3.8, 4) is 0 Å². The Kier molecular flexibility index (Phi) is 59.3. The fraction of sp³-hybridized carbons (Fsp3) is 0.750. The van der Waals surface area contributed by atoms with Crippen molar-refractivity contribution in [3.63, 3.8) is 0 Å². The smallest absolute Gasteiger partial charge is 0.306 e. The number of carbonyl (C=O) groups is 3. The van der Waals surface area contributed by atoms with Gasteiger partial charge in [0.1, 0.15) is 13.2 Å². The average molecular weight is 1030 g/mol. The van der Waals surface area contributed by atoms with Crippen molar-refractivity contribution in [3.05, 3.63) is 85.1 Å². The molecule has 0 aromatic rings. The molecule has 0 heterocycles. The van der Waals surface area contributed by atoms with Gasteiger partial charge < -0.3 is 14.2 Å². The SMILES string of the molecule is CC/C=C\C/C=C\C/C=C\C/C=C\CCCCC(=O)OC(COC(=O)CCCCCCC/C=C\CCCCCCC)COC(=O)CCCCCCCCCCCCCCCCC/C=C\C/C=C\CCCCCCC. The van der Waals surface area contributed by atoms with Crippen molar-refractivity contribution < 1.29 is 28.6 Å². The lowest BCUT2D eigenvalue weighted by molar-refractivity contribution is -0.167. The van der Waals surface area contributed by atoms with E-state index in [1.54, 1.807) is 0 Å². The van der Waals surface area contributed by atoms with Crippen LogP contribution in [-0.2, 0) is 28.6 Å². The third-order valence-electron chi connectivity index (χ3n) is 13.6. The number of ether oxygens (including phenoxy) is 3. The molecule has 6 heteroatoms. The molecular formula is C68H118O6. The van der Waals surface area contributed by atoms with E-state index in [1.807, 2.05) is 0 Å². The van der Waals surface area contributed by atoms with E-state index >= 15 is 0 Å². The molecule has 0 fully saturated rings. The second-order valence-electron chi connectivity index (χ2n) is 20.9. The minimum absolute atomic E-state index is 0.0945. The monoisotopic (exact) mass is 1030 g/mol. The first kappa shape index (κ1) is 70.6. The first-order valence-electron chi connectivity index (χ1n) is 31.6. The number of allylic oxidation sites excluding steroid dienone is 14. The molecule has 0 aromatic heterocycles. The Bertz CT molecular complexity index is 1420. The first-order chi connectivity index (χ1) is 36.5.